The number of thiophene rings is 1. The lowest BCUT2D eigenvalue weighted by Crippen LogP contribution is -2.45. The van der Waals surface area contributed by atoms with E-state index in [4.69, 9.17) is 14.2 Å². The first-order chi connectivity index (χ1) is 20.6. The standard InChI is InChI=1S/C31H39N3O7S2/c1-22-7-11-27(42-22)20-33(16-15-24-8-14-29(39-3)30(18-24)40-4)31(36)21-34(19-26-6-5-17-41-26)43(37,38)28-12-9-25(10-13-28)32-23(2)35/h7-14,18,26H,5-6,15-17,19-21H2,1-4H3,(H,32,35). The molecule has 1 atom stereocenters. The quantitative estimate of drug-likeness (QED) is 0.280. The molecule has 43 heavy (non-hydrogen) atoms. The molecule has 232 valence electrons. The van der Waals surface area contributed by atoms with E-state index in [0.717, 1.165) is 28.2 Å². The smallest absolute Gasteiger partial charge is 0.243 e. The summed E-state index contributed by atoms with van der Waals surface area (Å²) in [7, 11) is -0.895. The van der Waals surface area contributed by atoms with Gasteiger partial charge in [-0.25, -0.2) is 8.42 Å². The van der Waals surface area contributed by atoms with Gasteiger partial charge < -0.3 is 24.4 Å². The number of carbonyl (C=O) groups excluding carboxylic acids is 2. The molecule has 1 unspecified atom stereocenters. The van der Waals surface area contributed by atoms with E-state index in [1.54, 1.807) is 30.5 Å². The SMILES string of the molecule is COc1ccc(CCN(Cc2ccc(C)s2)C(=O)CN(CC2CCCO2)S(=O)(=O)c2ccc(NC(C)=O)cc2)cc1OC. The molecule has 0 bridgehead atoms. The van der Waals surface area contributed by atoms with Crippen molar-refractivity contribution in [2.75, 3.05) is 45.8 Å². The van der Waals surface area contributed by atoms with Crippen LogP contribution in [0.5, 0.6) is 11.5 Å². The third-order valence-corrected chi connectivity index (χ3v) is 9.98. The van der Waals surface area contributed by atoms with Crippen LogP contribution in [0.2, 0.25) is 0 Å². The maximum absolute atomic E-state index is 13.9. The van der Waals surface area contributed by atoms with E-state index < -0.39 is 10.0 Å². The molecule has 10 nitrogen and oxygen atoms in total. The van der Waals surface area contributed by atoms with Crippen LogP contribution in [0.25, 0.3) is 0 Å². The Morgan fingerprint density at radius 3 is 2.40 bits per heavy atom. The molecule has 2 amide bonds. The van der Waals surface area contributed by atoms with E-state index in [0.29, 0.717) is 43.3 Å². The molecule has 0 saturated carbocycles. The summed E-state index contributed by atoms with van der Waals surface area (Å²) >= 11 is 1.61. The number of methoxy groups -OCH3 is 2. The van der Waals surface area contributed by atoms with Crippen LogP contribution >= 0.6 is 11.3 Å². The van der Waals surface area contributed by atoms with Crippen LogP contribution in [0.1, 0.15) is 35.1 Å². The van der Waals surface area contributed by atoms with Crippen LogP contribution in [-0.4, -0.2) is 76.0 Å². The molecule has 2 aromatic carbocycles. The van der Waals surface area contributed by atoms with Gasteiger partial charge in [0.2, 0.25) is 21.8 Å². The molecule has 1 saturated heterocycles. The fourth-order valence-electron chi connectivity index (χ4n) is 4.93. The molecule has 1 aliphatic heterocycles. The van der Waals surface area contributed by atoms with Crippen molar-refractivity contribution in [3.63, 3.8) is 0 Å². The maximum Gasteiger partial charge on any atom is 0.243 e. The minimum absolute atomic E-state index is 0.0400. The number of carbonyl (C=O) groups is 2. The zero-order valence-electron chi connectivity index (χ0n) is 25.0. The van der Waals surface area contributed by atoms with Crippen LogP contribution < -0.4 is 14.8 Å². The largest absolute Gasteiger partial charge is 0.493 e. The van der Waals surface area contributed by atoms with Crippen LogP contribution in [0, 0.1) is 6.92 Å². The van der Waals surface area contributed by atoms with Gasteiger partial charge in [0.05, 0.1) is 38.3 Å². The number of nitrogens with one attached hydrogen (secondary N) is 1. The Morgan fingerprint density at radius 1 is 1.05 bits per heavy atom. The van der Waals surface area contributed by atoms with Gasteiger partial charge in [0.15, 0.2) is 11.5 Å². The van der Waals surface area contributed by atoms with Gasteiger partial charge in [0, 0.05) is 42.1 Å². The summed E-state index contributed by atoms with van der Waals surface area (Å²) in [6.45, 7) is 4.45. The van der Waals surface area contributed by atoms with E-state index in [1.807, 2.05) is 37.3 Å². The number of nitrogens with zero attached hydrogens (tertiary/aromatic N) is 2. The van der Waals surface area contributed by atoms with Crippen molar-refractivity contribution in [1.82, 2.24) is 9.21 Å². The average molecular weight is 630 g/mol. The van der Waals surface area contributed by atoms with Gasteiger partial charge in [-0.3, -0.25) is 9.59 Å². The number of sulfonamides is 1. The monoisotopic (exact) mass is 629 g/mol. The van der Waals surface area contributed by atoms with Crippen LogP contribution in [-0.2, 0) is 37.3 Å². The van der Waals surface area contributed by atoms with Gasteiger partial charge in [-0.1, -0.05) is 6.07 Å². The highest BCUT2D eigenvalue weighted by Gasteiger charge is 2.32. The molecule has 2 heterocycles. The topological polar surface area (TPSA) is 114 Å². The molecule has 3 aromatic rings. The maximum atomic E-state index is 13.9. The lowest BCUT2D eigenvalue weighted by molar-refractivity contribution is -0.132. The number of benzene rings is 2. The Hall–Kier alpha value is -3.45. The molecule has 1 N–H and O–H groups in total. The van der Waals surface area contributed by atoms with E-state index in [9.17, 15) is 18.0 Å². The number of anilines is 1. The third kappa shape index (κ3) is 8.79. The summed E-state index contributed by atoms with van der Waals surface area (Å²) < 4.78 is 45.5. The summed E-state index contributed by atoms with van der Waals surface area (Å²) in [5.74, 6) is 0.664. The first kappa shape index (κ1) is 32.5. The Morgan fingerprint density at radius 2 is 1.79 bits per heavy atom. The van der Waals surface area contributed by atoms with E-state index in [1.165, 1.54) is 35.5 Å². The highest BCUT2D eigenvalue weighted by molar-refractivity contribution is 7.89. The van der Waals surface area contributed by atoms with Crippen molar-refractivity contribution in [3.8, 4) is 11.5 Å². The van der Waals surface area contributed by atoms with Gasteiger partial charge >= 0.3 is 0 Å². The summed E-state index contributed by atoms with van der Waals surface area (Å²) in [5.41, 5.74) is 1.45. The van der Waals surface area contributed by atoms with Crippen LogP contribution in [0.15, 0.2) is 59.5 Å². The third-order valence-electron chi connectivity index (χ3n) is 7.17. The molecule has 1 aromatic heterocycles. The molecule has 12 heteroatoms. The van der Waals surface area contributed by atoms with Gasteiger partial charge in [0.25, 0.3) is 0 Å². The number of hydrogen-bond donors (Lipinski definition) is 1. The minimum atomic E-state index is -4.05. The fraction of sp³-hybridized carbons (Fsp3) is 0.419. The first-order valence-corrected chi connectivity index (χ1v) is 16.4. The fourth-order valence-corrected chi connectivity index (χ4v) is 7.25. The molecule has 0 aliphatic carbocycles. The molecule has 1 fully saturated rings. The predicted molar refractivity (Wildman–Crippen MR) is 166 cm³/mol. The van der Waals surface area contributed by atoms with Crippen molar-refractivity contribution in [1.29, 1.82) is 0 Å². The summed E-state index contributed by atoms with van der Waals surface area (Å²) in [6.07, 6.45) is 1.81. The minimum Gasteiger partial charge on any atom is -0.493 e. The molecular formula is C31H39N3O7S2. The van der Waals surface area contributed by atoms with Gasteiger partial charge in [0.1, 0.15) is 0 Å². The normalized spacial score (nSPS) is 15.0. The molecular weight excluding hydrogens is 590 g/mol. The van der Waals surface area contributed by atoms with Gasteiger partial charge in [-0.15, -0.1) is 11.3 Å². The second kappa shape index (κ2) is 14.8. The van der Waals surface area contributed by atoms with Crippen LogP contribution in [0.3, 0.4) is 0 Å². The number of rotatable bonds is 14. The highest BCUT2D eigenvalue weighted by atomic mass is 32.2. The number of aryl methyl sites for hydroxylation is 1. The number of amides is 2. The summed E-state index contributed by atoms with van der Waals surface area (Å²) in [6, 6.07) is 15.6. The van der Waals surface area contributed by atoms with Gasteiger partial charge in [-0.05, 0) is 80.3 Å². The summed E-state index contributed by atoms with van der Waals surface area (Å²) in [4.78, 5) is 29.2. The van der Waals surface area contributed by atoms with Crippen LogP contribution in [0.4, 0.5) is 5.69 Å². The Kier molecular flexibility index (Phi) is 11.2. The molecule has 4 rings (SSSR count). The van der Waals surface area contributed by atoms with Crippen molar-refractivity contribution in [2.45, 2.75) is 50.7 Å². The second-order valence-electron chi connectivity index (χ2n) is 10.4. The van der Waals surface area contributed by atoms with E-state index >= 15 is 0 Å². The van der Waals surface area contributed by atoms with E-state index in [2.05, 4.69) is 5.32 Å². The second-order valence-corrected chi connectivity index (χ2v) is 13.7. The van der Waals surface area contributed by atoms with E-state index in [-0.39, 0.29) is 35.9 Å². The Labute approximate surface area is 257 Å². The zero-order chi connectivity index (χ0) is 31.0. The predicted octanol–water partition coefficient (Wildman–Crippen LogP) is 4.47. The lowest BCUT2D eigenvalue weighted by atomic mass is 10.1. The zero-order valence-corrected chi connectivity index (χ0v) is 26.6. The molecule has 0 radical (unpaired) electrons. The Bertz CT molecular complexity index is 1500. The molecule has 1 aliphatic rings. The van der Waals surface area contributed by atoms with Crippen molar-refractivity contribution in [2.24, 2.45) is 0 Å². The van der Waals surface area contributed by atoms with Gasteiger partial charge in [-0.2, -0.15) is 4.31 Å². The number of ether oxygens (including phenoxy) is 3. The summed E-state index contributed by atoms with van der Waals surface area (Å²) in [5, 5.41) is 2.64. The number of hydrogen-bond acceptors (Lipinski definition) is 8. The van der Waals surface area contributed by atoms with Crippen molar-refractivity contribution < 1.29 is 32.2 Å². The highest BCUT2D eigenvalue weighted by Crippen LogP contribution is 2.28. The Balaban J connectivity index is 1.57. The van der Waals surface area contributed by atoms with Crippen molar-refractivity contribution in [3.05, 3.63) is 69.9 Å². The van der Waals surface area contributed by atoms with Crippen molar-refractivity contribution >= 4 is 38.9 Å². The lowest BCUT2D eigenvalue weighted by Gasteiger charge is -2.28. The average Bonchev–Trinajstić information content (AvgIpc) is 3.66. The molecule has 0 spiro atoms. The first-order valence-electron chi connectivity index (χ1n) is 14.1.